The van der Waals surface area contributed by atoms with Crippen molar-refractivity contribution < 1.29 is 17.9 Å². The SMILES string of the molecule is CCC(COC)NC(=O)Cc1ccc(S(=O)(=O)Cl)s1. The van der Waals surface area contributed by atoms with Gasteiger partial charge in [0.25, 0.3) is 9.05 Å². The van der Waals surface area contributed by atoms with Crippen molar-refractivity contribution in [3.05, 3.63) is 17.0 Å². The Morgan fingerprint density at radius 1 is 1.53 bits per heavy atom. The van der Waals surface area contributed by atoms with E-state index in [1.165, 1.54) is 6.07 Å². The molecule has 0 aliphatic carbocycles. The molecule has 1 aromatic heterocycles. The van der Waals surface area contributed by atoms with Crippen LogP contribution in [0.3, 0.4) is 0 Å². The average molecular weight is 326 g/mol. The van der Waals surface area contributed by atoms with E-state index in [2.05, 4.69) is 5.32 Å². The topological polar surface area (TPSA) is 72.5 Å². The fraction of sp³-hybridized carbons (Fsp3) is 0.545. The summed E-state index contributed by atoms with van der Waals surface area (Å²) in [7, 11) is 3.08. The molecule has 0 aromatic carbocycles. The molecule has 0 aliphatic rings. The van der Waals surface area contributed by atoms with E-state index in [1.807, 2.05) is 6.92 Å². The number of halogens is 1. The highest BCUT2D eigenvalue weighted by atomic mass is 35.7. The molecule has 1 atom stereocenters. The predicted molar refractivity (Wildman–Crippen MR) is 75.2 cm³/mol. The first kappa shape index (κ1) is 16.4. The molecular formula is C11H16ClNO4S2. The molecular weight excluding hydrogens is 310 g/mol. The lowest BCUT2D eigenvalue weighted by Crippen LogP contribution is -2.38. The zero-order valence-electron chi connectivity index (χ0n) is 10.7. The van der Waals surface area contributed by atoms with Crippen LogP contribution in [-0.2, 0) is 25.0 Å². The van der Waals surface area contributed by atoms with Gasteiger partial charge in [-0.1, -0.05) is 6.92 Å². The van der Waals surface area contributed by atoms with E-state index in [9.17, 15) is 13.2 Å². The van der Waals surface area contributed by atoms with E-state index < -0.39 is 9.05 Å². The third-order valence-electron chi connectivity index (χ3n) is 2.44. The average Bonchev–Trinajstić information content (AvgIpc) is 2.76. The maximum absolute atomic E-state index is 11.8. The zero-order chi connectivity index (χ0) is 14.5. The van der Waals surface area contributed by atoms with Crippen molar-refractivity contribution >= 4 is 37.0 Å². The van der Waals surface area contributed by atoms with Crippen LogP contribution >= 0.6 is 22.0 Å². The number of nitrogens with one attached hydrogen (secondary N) is 1. The summed E-state index contributed by atoms with van der Waals surface area (Å²) < 4.78 is 27.2. The quantitative estimate of drug-likeness (QED) is 0.775. The smallest absolute Gasteiger partial charge is 0.270 e. The lowest BCUT2D eigenvalue weighted by molar-refractivity contribution is -0.121. The highest BCUT2D eigenvalue weighted by molar-refractivity contribution is 8.15. The van der Waals surface area contributed by atoms with Gasteiger partial charge >= 0.3 is 0 Å². The Balaban J connectivity index is 2.60. The van der Waals surface area contributed by atoms with Gasteiger partial charge in [-0.15, -0.1) is 11.3 Å². The summed E-state index contributed by atoms with van der Waals surface area (Å²) in [6.07, 6.45) is 0.905. The van der Waals surface area contributed by atoms with Gasteiger partial charge in [0.2, 0.25) is 5.91 Å². The fourth-order valence-corrected chi connectivity index (χ4v) is 3.61. The molecule has 0 fully saturated rings. The van der Waals surface area contributed by atoms with Crippen molar-refractivity contribution in [2.24, 2.45) is 0 Å². The summed E-state index contributed by atoms with van der Waals surface area (Å²) in [6, 6.07) is 2.97. The van der Waals surface area contributed by atoms with Crippen LogP contribution in [0, 0.1) is 0 Å². The van der Waals surface area contributed by atoms with E-state index in [-0.39, 0.29) is 22.6 Å². The van der Waals surface area contributed by atoms with Crippen LogP contribution in [0.4, 0.5) is 0 Å². The first-order valence-electron chi connectivity index (χ1n) is 5.68. The van der Waals surface area contributed by atoms with Gasteiger partial charge in [-0.3, -0.25) is 4.79 Å². The van der Waals surface area contributed by atoms with Crippen molar-refractivity contribution in [1.82, 2.24) is 5.32 Å². The van der Waals surface area contributed by atoms with Crippen molar-refractivity contribution in [3.63, 3.8) is 0 Å². The van der Waals surface area contributed by atoms with Gasteiger partial charge in [-0.05, 0) is 18.6 Å². The van der Waals surface area contributed by atoms with Gasteiger partial charge in [0.05, 0.1) is 19.1 Å². The van der Waals surface area contributed by atoms with Gasteiger partial charge < -0.3 is 10.1 Å². The number of rotatable bonds is 7. The van der Waals surface area contributed by atoms with Crippen molar-refractivity contribution in [3.8, 4) is 0 Å². The van der Waals surface area contributed by atoms with Crippen LogP contribution in [0.5, 0.6) is 0 Å². The molecule has 1 heterocycles. The van der Waals surface area contributed by atoms with Gasteiger partial charge in [-0.25, -0.2) is 8.42 Å². The zero-order valence-corrected chi connectivity index (χ0v) is 13.1. The highest BCUT2D eigenvalue weighted by Gasteiger charge is 2.16. The molecule has 108 valence electrons. The van der Waals surface area contributed by atoms with Crippen LogP contribution in [-0.4, -0.2) is 34.1 Å². The van der Waals surface area contributed by atoms with E-state index >= 15 is 0 Å². The number of hydrogen-bond acceptors (Lipinski definition) is 5. The second-order valence-electron chi connectivity index (χ2n) is 3.96. The predicted octanol–water partition coefficient (Wildman–Crippen LogP) is 1.76. The standard InChI is InChI=1S/C11H16ClNO4S2/c1-3-8(7-17-2)13-10(14)6-9-4-5-11(18-9)19(12,15)16/h4-5,8H,3,6-7H2,1-2H3,(H,13,14). The number of ether oxygens (including phenoxy) is 1. The van der Waals surface area contributed by atoms with Crippen LogP contribution in [0.2, 0.25) is 0 Å². The number of carbonyl (C=O) groups excluding carboxylic acids is 1. The minimum atomic E-state index is -3.72. The van der Waals surface area contributed by atoms with Gasteiger partial charge in [0.1, 0.15) is 4.21 Å². The second kappa shape index (κ2) is 7.23. The van der Waals surface area contributed by atoms with Gasteiger partial charge in [0.15, 0.2) is 0 Å². The molecule has 1 amide bonds. The van der Waals surface area contributed by atoms with Crippen molar-refractivity contribution in [1.29, 1.82) is 0 Å². The molecule has 0 saturated heterocycles. The summed E-state index contributed by atoms with van der Waals surface area (Å²) in [4.78, 5) is 12.4. The van der Waals surface area contributed by atoms with Gasteiger partial charge in [-0.2, -0.15) is 0 Å². The minimum absolute atomic E-state index is 0.0336. The Morgan fingerprint density at radius 3 is 2.68 bits per heavy atom. The monoisotopic (exact) mass is 325 g/mol. The summed E-state index contributed by atoms with van der Waals surface area (Å²) in [5, 5.41) is 2.82. The number of methoxy groups -OCH3 is 1. The first-order valence-corrected chi connectivity index (χ1v) is 8.81. The summed E-state index contributed by atoms with van der Waals surface area (Å²) in [5.74, 6) is -0.163. The molecule has 0 bridgehead atoms. The minimum Gasteiger partial charge on any atom is -0.383 e. The molecule has 1 N–H and O–H groups in total. The Hall–Kier alpha value is -0.630. The number of hydrogen-bond donors (Lipinski definition) is 1. The lowest BCUT2D eigenvalue weighted by atomic mass is 10.2. The van der Waals surface area contributed by atoms with Crippen molar-refractivity contribution in [2.45, 2.75) is 30.0 Å². The van der Waals surface area contributed by atoms with Crippen LogP contribution in [0.15, 0.2) is 16.3 Å². The Morgan fingerprint density at radius 2 is 2.21 bits per heavy atom. The first-order chi connectivity index (χ1) is 8.86. The molecule has 8 heteroatoms. The van der Waals surface area contributed by atoms with E-state index in [0.29, 0.717) is 11.5 Å². The second-order valence-corrected chi connectivity index (χ2v) is 7.92. The number of amides is 1. The summed E-state index contributed by atoms with van der Waals surface area (Å²) >= 11 is 1.00. The van der Waals surface area contributed by atoms with E-state index in [4.69, 9.17) is 15.4 Å². The fourth-order valence-electron chi connectivity index (χ4n) is 1.48. The Kier molecular flexibility index (Phi) is 6.25. The molecule has 1 unspecified atom stereocenters. The third-order valence-corrected chi connectivity index (χ3v) is 5.62. The molecule has 0 aliphatic heterocycles. The summed E-state index contributed by atoms with van der Waals surface area (Å²) in [6.45, 7) is 2.40. The summed E-state index contributed by atoms with van der Waals surface area (Å²) in [5.41, 5.74) is 0. The molecule has 5 nitrogen and oxygen atoms in total. The van der Waals surface area contributed by atoms with Crippen LogP contribution in [0.1, 0.15) is 18.2 Å². The molecule has 19 heavy (non-hydrogen) atoms. The van der Waals surface area contributed by atoms with Crippen LogP contribution < -0.4 is 5.32 Å². The molecule has 0 spiro atoms. The van der Waals surface area contributed by atoms with Crippen molar-refractivity contribution in [2.75, 3.05) is 13.7 Å². The third kappa shape index (κ3) is 5.48. The maximum atomic E-state index is 11.8. The number of carbonyl (C=O) groups is 1. The van der Waals surface area contributed by atoms with E-state index in [1.54, 1.807) is 13.2 Å². The molecule has 0 saturated carbocycles. The van der Waals surface area contributed by atoms with E-state index in [0.717, 1.165) is 17.8 Å². The molecule has 0 radical (unpaired) electrons. The number of thiophene rings is 1. The Labute approximate surface area is 121 Å². The lowest BCUT2D eigenvalue weighted by Gasteiger charge is -2.15. The van der Waals surface area contributed by atoms with Crippen LogP contribution in [0.25, 0.3) is 0 Å². The molecule has 1 rings (SSSR count). The maximum Gasteiger partial charge on any atom is 0.270 e. The van der Waals surface area contributed by atoms with Gasteiger partial charge in [0, 0.05) is 22.7 Å². The largest absolute Gasteiger partial charge is 0.383 e. The molecule has 1 aromatic rings. The highest BCUT2D eigenvalue weighted by Crippen LogP contribution is 2.25. The Bertz CT molecular complexity index is 527. The normalized spacial score (nSPS) is 13.2.